The van der Waals surface area contributed by atoms with E-state index in [0.717, 1.165) is 34.2 Å². The highest BCUT2D eigenvalue weighted by Crippen LogP contribution is 2.35. The summed E-state index contributed by atoms with van der Waals surface area (Å²) in [6.45, 7) is 1.72. The lowest BCUT2D eigenvalue weighted by Crippen LogP contribution is -2.49. The van der Waals surface area contributed by atoms with Crippen LogP contribution in [0.5, 0.6) is 0 Å². The van der Waals surface area contributed by atoms with Gasteiger partial charge < -0.3 is 14.8 Å². The number of anilines is 1. The highest BCUT2D eigenvalue weighted by molar-refractivity contribution is 5.86. The van der Waals surface area contributed by atoms with Gasteiger partial charge in [0.2, 0.25) is 5.91 Å². The molecule has 1 aliphatic rings. The number of alkyl halides is 3. The number of amides is 1. The Morgan fingerprint density at radius 1 is 0.917 bits per heavy atom. The van der Waals surface area contributed by atoms with Crippen molar-refractivity contribution in [1.29, 1.82) is 0 Å². The van der Waals surface area contributed by atoms with Crippen LogP contribution in [0.1, 0.15) is 29.0 Å². The molecule has 1 aromatic heterocycles. The van der Waals surface area contributed by atoms with E-state index in [0.29, 0.717) is 31.9 Å². The monoisotopic (exact) mass is 495 g/mol. The van der Waals surface area contributed by atoms with Crippen LogP contribution in [-0.2, 0) is 11.0 Å². The van der Waals surface area contributed by atoms with Crippen molar-refractivity contribution in [2.75, 3.05) is 31.1 Å². The second kappa shape index (κ2) is 9.68. The highest BCUT2D eigenvalue weighted by Gasteiger charge is 2.32. The first-order chi connectivity index (χ1) is 17.3. The molecule has 5 rings (SSSR count). The minimum absolute atomic E-state index is 0.0432. The standard InChI is InChI=1S/C28H25F4N3O/c29-21-10-8-19(9-11-21)24(25-18-33-26-7-2-1-6-23(25)26)17-27(36)35-14-12-34(13-15-35)22-5-3-4-20(16-22)28(30,31)32/h1-11,16,18,24,33H,12-15,17H2/t24-/m1/s1. The van der Waals surface area contributed by atoms with Gasteiger partial charge in [-0.2, -0.15) is 13.2 Å². The second-order valence-electron chi connectivity index (χ2n) is 9.01. The van der Waals surface area contributed by atoms with Crippen LogP contribution in [0.2, 0.25) is 0 Å². The van der Waals surface area contributed by atoms with Crippen molar-refractivity contribution in [3.8, 4) is 0 Å². The summed E-state index contributed by atoms with van der Waals surface area (Å²) in [7, 11) is 0. The molecule has 1 aliphatic heterocycles. The Bertz CT molecular complexity index is 1360. The molecule has 4 nitrogen and oxygen atoms in total. The molecule has 186 valence electrons. The van der Waals surface area contributed by atoms with Crippen molar-refractivity contribution < 1.29 is 22.4 Å². The van der Waals surface area contributed by atoms with Crippen LogP contribution in [-0.4, -0.2) is 42.0 Å². The summed E-state index contributed by atoms with van der Waals surface area (Å²) >= 11 is 0. The fraction of sp³-hybridized carbons (Fsp3) is 0.250. The van der Waals surface area contributed by atoms with Crippen LogP contribution in [0, 0.1) is 5.82 Å². The predicted octanol–water partition coefficient (Wildman–Crippen LogP) is 6.20. The SMILES string of the molecule is O=C(C[C@H](c1ccc(F)cc1)c1c[nH]c2ccccc12)N1CCN(c2cccc(C(F)(F)F)c2)CC1. The number of carbonyl (C=O) groups is 1. The van der Waals surface area contributed by atoms with Crippen LogP contribution in [0.25, 0.3) is 10.9 Å². The van der Waals surface area contributed by atoms with Gasteiger partial charge in [-0.15, -0.1) is 0 Å². The van der Waals surface area contributed by atoms with Crippen molar-refractivity contribution in [1.82, 2.24) is 9.88 Å². The van der Waals surface area contributed by atoms with Crippen molar-refractivity contribution in [2.45, 2.75) is 18.5 Å². The van der Waals surface area contributed by atoms with Gasteiger partial charge in [-0.1, -0.05) is 36.4 Å². The fourth-order valence-electron chi connectivity index (χ4n) is 4.88. The Hall–Kier alpha value is -3.81. The summed E-state index contributed by atoms with van der Waals surface area (Å²) in [6.07, 6.45) is -2.29. The maximum Gasteiger partial charge on any atom is 0.416 e. The van der Waals surface area contributed by atoms with Gasteiger partial charge in [0.1, 0.15) is 5.82 Å². The second-order valence-corrected chi connectivity index (χ2v) is 9.01. The van der Waals surface area contributed by atoms with Crippen LogP contribution < -0.4 is 4.90 Å². The number of hydrogen-bond donors (Lipinski definition) is 1. The number of halogens is 4. The Morgan fingerprint density at radius 2 is 1.64 bits per heavy atom. The lowest BCUT2D eigenvalue weighted by atomic mass is 9.87. The molecule has 8 heteroatoms. The molecule has 1 amide bonds. The number of aromatic amines is 1. The molecule has 36 heavy (non-hydrogen) atoms. The number of para-hydroxylation sites is 1. The summed E-state index contributed by atoms with van der Waals surface area (Å²) in [5.74, 6) is -0.650. The van der Waals surface area contributed by atoms with Gasteiger partial charge in [0.05, 0.1) is 5.56 Å². The average molecular weight is 496 g/mol. The van der Waals surface area contributed by atoms with E-state index >= 15 is 0 Å². The highest BCUT2D eigenvalue weighted by atomic mass is 19.4. The first kappa shape index (κ1) is 23.9. The van der Waals surface area contributed by atoms with Gasteiger partial charge in [-0.05, 0) is 47.5 Å². The summed E-state index contributed by atoms with van der Waals surface area (Å²) in [4.78, 5) is 20.3. The van der Waals surface area contributed by atoms with Gasteiger partial charge in [0.15, 0.2) is 0 Å². The Morgan fingerprint density at radius 3 is 2.36 bits per heavy atom. The molecule has 1 atom stereocenters. The number of fused-ring (bicyclic) bond motifs is 1. The Balaban J connectivity index is 1.32. The van der Waals surface area contributed by atoms with E-state index in [-0.39, 0.29) is 24.1 Å². The van der Waals surface area contributed by atoms with Crippen molar-refractivity contribution in [3.05, 3.63) is 102 Å². The van der Waals surface area contributed by atoms with Crippen LogP contribution in [0.15, 0.2) is 79.0 Å². The van der Waals surface area contributed by atoms with Crippen molar-refractivity contribution in [3.63, 3.8) is 0 Å². The topological polar surface area (TPSA) is 39.3 Å². The Kier molecular flexibility index (Phi) is 6.43. The zero-order valence-corrected chi connectivity index (χ0v) is 19.4. The number of carbonyl (C=O) groups excluding carboxylic acids is 1. The smallest absolute Gasteiger partial charge is 0.368 e. The molecule has 0 aliphatic carbocycles. The zero-order chi connectivity index (χ0) is 25.3. The fourth-order valence-corrected chi connectivity index (χ4v) is 4.88. The average Bonchev–Trinajstić information content (AvgIpc) is 3.31. The van der Waals surface area contributed by atoms with Gasteiger partial charge in [-0.25, -0.2) is 4.39 Å². The molecule has 0 radical (unpaired) electrons. The van der Waals surface area contributed by atoms with E-state index in [4.69, 9.17) is 0 Å². The third-order valence-corrected chi connectivity index (χ3v) is 6.82. The maximum absolute atomic E-state index is 13.6. The third-order valence-electron chi connectivity index (χ3n) is 6.82. The molecule has 1 saturated heterocycles. The van der Waals surface area contributed by atoms with E-state index in [9.17, 15) is 22.4 Å². The van der Waals surface area contributed by atoms with E-state index < -0.39 is 11.7 Å². The normalized spacial score (nSPS) is 15.3. The van der Waals surface area contributed by atoms with Gasteiger partial charge in [-0.3, -0.25) is 4.79 Å². The molecular weight excluding hydrogens is 470 g/mol. The molecular formula is C28H25F4N3O. The summed E-state index contributed by atoms with van der Waals surface area (Å²) in [5.41, 5.74) is 2.59. The van der Waals surface area contributed by atoms with Crippen molar-refractivity contribution >= 4 is 22.5 Å². The molecule has 1 fully saturated rings. The summed E-state index contributed by atoms with van der Waals surface area (Å²) in [6, 6.07) is 19.3. The van der Waals surface area contributed by atoms with E-state index in [1.165, 1.54) is 18.2 Å². The molecule has 2 heterocycles. The van der Waals surface area contributed by atoms with Crippen molar-refractivity contribution in [2.24, 2.45) is 0 Å². The molecule has 4 aromatic rings. The van der Waals surface area contributed by atoms with Crippen LogP contribution in [0.4, 0.5) is 23.2 Å². The zero-order valence-electron chi connectivity index (χ0n) is 19.4. The number of aromatic nitrogens is 1. The third kappa shape index (κ3) is 4.94. The number of rotatable bonds is 5. The molecule has 0 bridgehead atoms. The van der Waals surface area contributed by atoms with Gasteiger partial charge in [0.25, 0.3) is 0 Å². The summed E-state index contributed by atoms with van der Waals surface area (Å²) in [5, 5.41) is 1.01. The summed E-state index contributed by atoms with van der Waals surface area (Å²) < 4.78 is 52.9. The maximum atomic E-state index is 13.6. The van der Waals surface area contributed by atoms with Crippen LogP contribution in [0.3, 0.4) is 0 Å². The minimum atomic E-state index is -4.40. The Labute approximate surface area is 206 Å². The predicted molar refractivity (Wildman–Crippen MR) is 131 cm³/mol. The number of nitrogens with one attached hydrogen (secondary N) is 1. The largest absolute Gasteiger partial charge is 0.416 e. The number of hydrogen-bond acceptors (Lipinski definition) is 2. The van der Waals surface area contributed by atoms with E-state index in [1.54, 1.807) is 23.1 Å². The lowest BCUT2D eigenvalue weighted by Gasteiger charge is -2.37. The molecule has 0 saturated carbocycles. The number of nitrogens with zero attached hydrogens (tertiary/aromatic N) is 2. The molecule has 0 spiro atoms. The number of benzene rings is 3. The quantitative estimate of drug-likeness (QED) is 0.335. The van der Waals surface area contributed by atoms with Gasteiger partial charge in [0, 0.05) is 61.3 Å². The lowest BCUT2D eigenvalue weighted by molar-refractivity contribution is -0.137. The van der Waals surface area contributed by atoms with Gasteiger partial charge >= 0.3 is 6.18 Å². The number of piperazine rings is 1. The first-order valence-electron chi connectivity index (χ1n) is 11.8. The minimum Gasteiger partial charge on any atom is -0.368 e. The first-order valence-corrected chi connectivity index (χ1v) is 11.8. The van der Waals surface area contributed by atoms with E-state index in [1.807, 2.05) is 35.4 Å². The number of H-pyrrole nitrogens is 1. The molecule has 3 aromatic carbocycles. The van der Waals surface area contributed by atoms with E-state index in [2.05, 4.69) is 4.98 Å². The van der Waals surface area contributed by atoms with Crippen LogP contribution >= 0.6 is 0 Å². The molecule has 0 unspecified atom stereocenters. The molecule has 1 N–H and O–H groups in total.